The van der Waals surface area contributed by atoms with Gasteiger partial charge in [-0.3, -0.25) is 14.3 Å². The first-order valence-electron chi connectivity index (χ1n) is 9.34. The Labute approximate surface area is 157 Å². The molecule has 3 rings (SSSR count). The summed E-state index contributed by atoms with van der Waals surface area (Å²) in [5, 5.41) is 6.95. The fourth-order valence-corrected chi connectivity index (χ4v) is 3.91. The summed E-state index contributed by atoms with van der Waals surface area (Å²) >= 11 is 0. The van der Waals surface area contributed by atoms with Gasteiger partial charge in [0.15, 0.2) is 0 Å². The molecule has 0 radical (unpaired) electrons. The summed E-state index contributed by atoms with van der Waals surface area (Å²) < 4.78 is 33.7. The van der Waals surface area contributed by atoms with Gasteiger partial charge in [-0.15, -0.1) is 0 Å². The van der Waals surface area contributed by atoms with E-state index in [4.69, 9.17) is 4.74 Å². The minimum absolute atomic E-state index is 0.0896. The molecule has 0 unspecified atom stereocenters. The minimum Gasteiger partial charge on any atom is -0.379 e. The highest BCUT2D eigenvalue weighted by Crippen LogP contribution is 2.32. The third kappa shape index (κ3) is 5.03. The molecule has 150 valence electrons. The number of carbonyl (C=O) groups is 2. The van der Waals surface area contributed by atoms with Crippen LogP contribution in [0.1, 0.15) is 32.1 Å². The summed E-state index contributed by atoms with van der Waals surface area (Å²) in [4.78, 5) is 26.6. The van der Waals surface area contributed by atoms with Crippen LogP contribution in [0.4, 0.5) is 8.78 Å². The highest BCUT2D eigenvalue weighted by Gasteiger charge is 2.40. The second kappa shape index (κ2) is 8.33. The molecule has 9 heteroatoms. The minimum atomic E-state index is -2.67. The van der Waals surface area contributed by atoms with E-state index in [0.29, 0.717) is 19.3 Å². The Morgan fingerprint density at radius 2 is 2.04 bits per heavy atom. The lowest BCUT2D eigenvalue weighted by Gasteiger charge is -2.39. The van der Waals surface area contributed by atoms with E-state index in [1.54, 1.807) is 25.6 Å². The number of hydrogen-bond acceptors (Lipinski definition) is 4. The van der Waals surface area contributed by atoms with Crippen LogP contribution in [0, 0.1) is 5.92 Å². The maximum absolute atomic E-state index is 13.3. The first kappa shape index (κ1) is 19.7. The van der Waals surface area contributed by atoms with E-state index >= 15 is 0 Å². The monoisotopic (exact) mass is 384 g/mol. The Bertz CT molecular complexity index is 643. The van der Waals surface area contributed by atoms with Crippen LogP contribution in [0.5, 0.6) is 0 Å². The lowest BCUT2D eigenvalue weighted by molar-refractivity contribution is -0.144. The van der Waals surface area contributed by atoms with E-state index in [-0.39, 0.29) is 62.4 Å². The Hall–Kier alpha value is -2.03. The van der Waals surface area contributed by atoms with Gasteiger partial charge in [0.2, 0.25) is 11.8 Å². The van der Waals surface area contributed by atoms with E-state index in [1.807, 2.05) is 0 Å². The predicted octanol–water partition coefficient (Wildman–Crippen LogP) is 1.44. The summed E-state index contributed by atoms with van der Waals surface area (Å²) in [6, 6.07) is 1.45. The van der Waals surface area contributed by atoms with Crippen molar-refractivity contribution in [2.75, 3.05) is 20.2 Å². The van der Waals surface area contributed by atoms with Gasteiger partial charge in [0.25, 0.3) is 5.92 Å². The molecule has 7 nitrogen and oxygen atoms in total. The molecule has 1 saturated carbocycles. The van der Waals surface area contributed by atoms with E-state index in [2.05, 4.69) is 10.4 Å². The zero-order chi connectivity index (χ0) is 19.4. The van der Waals surface area contributed by atoms with Crippen molar-refractivity contribution in [3.8, 4) is 0 Å². The topological polar surface area (TPSA) is 76.5 Å². The Kier molecular flexibility index (Phi) is 6.08. The van der Waals surface area contributed by atoms with Gasteiger partial charge in [0.05, 0.1) is 12.1 Å². The number of ether oxygens (including phenoxy) is 1. The van der Waals surface area contributed by atoms with Gasteiger partial charge in [0, 0.05) is 51.4 Å². The van der Waals surface area contributed by atoms with Crippen LogP contribution in [-0.2, 0) is 20.9 Å². The number of halogens is 2. The Morgan fingerprint density at radius 1 is 1.30 bits per heavy atom. The first-order chi connectivity index (χ1) is 12.9. The molecule has 2 fully saturated rings. The molecule has 0 spiro atoms. The van der Waals surface area contributed by atoms with Crippen LogP contribution in [0.2, 0.25) is 0 Å². The second-order valence-electron chi connectivity index (χ2n) is 7.34. The molecule has 0 aromatic carbocycles. The predicted molar refractivity (Wildman–Crippen MR) is 93.1 cm³/mol. The van der Waals surface area contributed by atoms with Crippen molar-refractivity contribution < 1.29 is 23.1 Å². The summed E-state index contributed by atoms with van der Waals surface area (Å²) in [6.07, 6.45) is 4.30. The van der Waals surface area contributed by atoms with E-state index in [9.17, 15) is 18.4 Å². The molecule has 1 aliphatic carbocycles. The highest BCUT2D eigenvalue weighted by molar-refractivity contribution is 5.80. The van der Waals surface area contributed by atoms with E-state index in [0.717, 1.165) is 0 Å². The number of nitrogens with zero attached hydrogens (tertiary/aromatic N) is 3. The van der Waals surface area contributed by atoms with Crippen molar-refractivity contribution in [3.05, 3.63) is 18.5 Å². The number of rotatable bonds is 5. The largest absolute Gasteiger partial charge is 0.379 e. The van der Waals surface area contributed by atoms with Gasteiger partial charge >= 0.3 is 0 Å². The number of alkyl halides is 2. The van der Waals surface area contributed by atoms with E-state index < -0.39 is 5.92 Å². The molecule has 2 heterocycles. The Morgan fingerprint density at radius 3 is 2.67 bits per heavy atom. The number of hydrogen-bond donors (Lipinski definition) is 1. The van der Waals surface area contributed by atoms with Gasteiger partial charge in [-0.25, -0.2) is 8.78 Å². The number of carbonyl (C=O) groups excluding carboxylic acids is 2. The van der Waals surface area contributed by atoms with Crippen LogP contribution < -0.4 is 5.32 Å². The maximum Gasteiger partial charge on any atom is 0.251 e. The molecule has 2 amide bonds. The SMILES string of the molecule is CO[C@@H]1CC[C@H](C(=O)N2CCC(F)(F)CC2)C[C@H]1NC(=O)Cn1cccn1. The van der Waals surface area contributed by atoms with Crippen molar-refractivity contribution in [1.82, 2.24) is 20.0 Å². The van der Waals surface area contributed by atoms with Gasteiger partial charge in [-0.1, -0.05) is 0 Å². The third-order valence-electron chi connectivity index (χ3n) is 5.46. The second-order valence-corrected chi connectivity index (χ2v) is 7.34. The van der Waals surface area contributed by atoms with Crippen LogP contribution in [0.3, 0.4) is 0 Å². The van der Waals surface area contributed by atoms with Crippen molar-refractivity contribution in [3.63, 3.8) is 0 Å². The van der Waals surface area contributed by atoms with Crippen molar-refractivity contribution in [2.45, 2.75) is 56.7 Å². The van der Waals surface area contributed by atoms with Gasteiger partial charge < -0.3 is 15.0 Å². The van der Waals surface area contributed by atoms with Crippen molar-refractivity contribution in [2.24, 2.45) is 5.92 Å². The molecule has 1 N–H and O–H groups in total. The van der Waals surface area contributed by atoms with Crippen LogP contribution >= 0.6 is 0 Å². The molecule has 1 saturated heterocycles. The standard InChI is InChI=1S/C18H26F2N4O3/c1-27-15-4-3-13(17(26)23-9-5-18(19,20)6-10-23)11-14(15)22-16(25)12-24-8-2-7-21-24/h2,7-8,13-15H,3-6,9-12H2,1H3,(H,22,25)/t13-,14+,15+/m0/s1. The number of likely N-dealkylation sites (tertiary alicyclic amines) is 1. The summed E-state index contributed by atoms with van der Waals surface area (Å²) in [6.45, 7) is 0.276. The molecule has 27 heavy (non-hydrogen) atoms. The normalized spacial score (nSPS) is 28.0. The summed E-state index contributed by atoms with van der Waals surface area (Å²) in [5.74, 6) is -3.24. The van der Waals surface area contributed by atoms with Gasteiger partial charge in [0.1, 0.15) is 6.54 Å². The fraction of sp³-hybridized carbons (Fsp3) is 0.722. The highest BCUT2D eigenvalue weighted by atomic mass is 19.3. The zero-order valence-corrected chi connectivity index (χ0v) is 15.4. The Balaban J connectivity index is 1.57. The molecule has 1 aliphatic heterocycles. The molecule has 1 aromatic rings. The number of aromatic nitrogens is 2. The van der Waals surface area contributed by atoms with E-state index in [1.165, 1.54) is 9.58 Å². The first-order valence-corrected chi connectivity index (χ1v) is 9.34. The summed E-state index contributed by atoms with van der Waals surface area (Å²) in [5.41, 5.74) is 0. The fourth-order valence-electron chi connectivity index (χ4n) is 3.91. The number of amides is 2. The molecule has 2 aliphatic rings. The third-order valence-corrected chi connectivity index (χ3v) is 5.46. The van der Waals surface area contributed by atoms with Gasteiger partial charge in [-0.2, -0.15) is 5.10 Å². The zero-order valence-electron chi connectivity index (χ0n) is 15.4. The number of methoxy groups -OCH3 is 1. The van der Waals surface area contributed by atoms with Crippen LogP contribution in [0.25, 0.3) is 0 Å². The quantitative estimate of drug-likeness (QED) is 0.834. The van der Waals surface area contributed by atoms with Gasteiger partial charge in [-0.05, 0) is 25.3 Å². The molecule has 0 bridgehead atoms. The molecular weight excluding hydrogens is 358 g/mol. The van der Waals surface area contributed by atoms with Crippen LogP contribution in [0.15, 0.2) is 18.5 Å². The smallest absolute Gasteiger partial charge is 0.251 e. The maximum atomic E-state index is 13.3. The lowest BCUT2D eigenvalue weighted by atomic mass is 9.82. The lowest BCUT2D eigenvalue weighted by Crippen LogP contribution is -2.52. The van der Waals surface area contributed by atoms with Crippen LogP contribution in [-0.4, -0.2) is 64.8 Å². The number of piperidine rings is 1. The summed E-state index contributed by atoms with van der Waals surface area (Å²) in [7, 11) is 1.59. The van der Waals surface area contributed by atoms with Crippen molar-refractivity contribution in [1.29, 1.82) is 0 Å². The average Bonchev–Trinajstić information content (AvgIpc) is 3.14. The van der Waals surface area contributed by atoms with Crippen molar-refractivity contribution >= 4 is 11.8 Å². The molecule has 3 atom stereocenters. The number of nitrogens with one attached hydrogen (secondary N) is 1. The molecule has 1 aromatic heterocycles. The molecular formula is C18H26F2N4O3. The average molecular weight is 384 g/mol.